The number of fused-ring (bicyclic) bond motifs is 3. The van der Waals surface area contributed by atoms with Crippen molar-refractivity contribution in [2.24, 2.45) is 0 Å². The fourth-order valence-corrected chi connectivity index (χ4v) is 6.26. The average molecular weight is 602 g/mol. The molecule has 3 aromatic heterocycles. The number of imide groups is 1. The fraction of sp³-hybridized carbons (Fsp3) is 0.152. The number of benzene rings is 3. The molecule has 0 unspecified atom stereocenters. The molecule has 2 N–H and O–H groups in total. The quantitative estimate of drug-likeness (QED) is 0.257. The van der Waals surface area contributed by atoms with Crippen LogP contribution in [0.5, 0.6) is 0 Å². The molecule has 0 atom stereocenters. The molecule has 8 rings (SSSR count). The Morgan fingerprint density at radius 2 is 1.84 bits per heavy atom. The van der Waals surface area contributed by atoms with E-state index in [1.807, 2.05) is 35.0 Å². The van der Waals surface area contributed by atoms with Gasteiger partial charge in [0.2, 0.25) is 0 Å². The van der Waals surface area contributed by atoms with Crippen molar-refractivity contribution >= 4 is 28.7 Å². The third kappa shape index (κ3) is 4.49. The summed E-state index contributed by atoms with van der Waals surface area (Å²) in [6.07, 6.45) is 3.25. The average Bonchev–Trinajstić information content (AvgIpc) is 3.86. The van der Waals surface area contributed by atoms with E-state index >= 15 is 0 Å². The molecule has 0 fully saturated rings. The molecule has 0 radical (unpaired) electrons. The van der Waals surface area contributed by atoms with Gasteiger partial charge in [-0.2, -0.15) is 5.10 Å². The van der Waals surface area contributed by atoms with E-state index in [1.54, 1.807) is 35.1 Å². The third-order valence-corrected chi connectivity index (χ3v) is 8.23. The summed E-state index contributed by atoms with van der Waals surface area (Å²) in [4.78, 5) is 38.4. The second-order valence-electron chi connectivity index (χ2n) is 11.0. The maximum absolute atomic E-state index is 14.2. The lowest BCUT2D eigenvalue weighted by molar-refractivity contribution is 0.0878. The van der Waals surface area contributed by atoms with Gasteiger partial charge in [0.05, 0.1) is 47.4 Å². The predicted octanol–water partition coefficient (Wildman–Crippen LogP) is 4.50. The smallest absolute Gasteiger partial charge is 0.259 e. The summed E-state index contributed by atoms with van der Waals surface area (Å²) in [6.45, 7) is 0.941. The minimum Gasteiger partial charge on any atom is -0.459 e. The molecule has 0 spiro atoms. The molecule has 6 aromatic rings. The minimum absolute atomic E-state index is 0.0802. The first-order valence-corrected chi connectivity index (χ1v) is 14.5. The van der Waals surface area contributed by atoms with Crippen LogP contribution in [-0.2, 0) is 26.1 Å². The summed E-state index contributed by atoms with van der Waals surface area (Å²) < 4.78 is 23.7. The number of furan rings is 1. The standard InChI is InChI=1S/C33H24FN7O4/c34-19-11-12-26-22(14-19)28(18-6-2-1-3-7-18)27(45-26)15-35-32(43)30-24(38-41-13-5-10-25(30)41)17-40-16-23(37-39-40)20-8-4-9-21-29(20)33(44)36-31(21)42/h1-4,6-9,11-12,14,16H,5,10,13,15,17H2,(H,35,43)(H,36,42,44). The first-order chi connectivity index (χ1) is 21.9. The van der Waals surface area contributed by atoms with Gasteiger partial charge in [-0.25, -0.2) is 9.07 Å². The predicted molar refractivity (Wildman–Crippen MR) is 160 cm³/mol. The van der Waals surface area contributed by atoms with Crippen LogP contribution >= 0.6 is 0 Å². The van der Waals surface area contributed by atoms with Gasteiger partial charge in [0.15, 0.2) is 0 Å². The first-order valence-electron chi connectivity index (χ1n) is 14.5. The number of amides is 3. The van der Waals surface area contributed by atoms with E-state index in [0.717, 1.165) is 23.2 Å². The van der Waals surface area contributed by atoms with E-state index in [4.69, 9.17) is 9.52 Å². The van der Waals surface area contributed by atoms with E-state index in [0.29, 0.717) is 57.8 Å². The number of hydrogen-bond acceptors (Lipinski definition) is 7. The Labute approximate surface area is 254 Å². The first kappa shape index (κ1) is 26.7. The monoisotopic (exact) mass is 601 g/mol. The second-order valence-corrected chi connectivity index (χ2v) is 11.0. The van der Waals surface area contributed by atoms with E-state index in [2.05, 4.69) is 20.9 Å². The van der Waals surface area contributed by atoms with Crippen LogP contribution in [0.4, 0.5) is 4.39 Å². The Kier molecular flexibility index (Phi) is 6.15. The highest BCUT2D eigenvalue weighted by atomic mass is 19.1. The van der Waals surface area contributed by atoms with E-state index in [9.17, 15) is 18.8 Å². The highest BCUT2D eigenvalue weighted by molar-refractivity contribution is 6.24. The molecule has 2 aliphatic heterocycles. The molecule has 0 saturated carbocycles. The molecule has 12 heteroatoms. The number of aryl methyl sites for hydroxylation is 1. The Morgan fingerprint density at radius 3 is 2.71 bits per heavy atom. The molecular weight excluding hydrogens is 577 g/mol. The third-order valence-electron chi connectivity index (χ3n) is 8.23. The highest BCUT2D eigenvalue weighted by Gasteiger charge is 2.31. The van der Waals surface area contributed by atoms with E-state index < -0.39 is 11.8 Å². The van der Waals surface area contributed by atoms with Crippen LogP contribution < -0.4 is 10.6 Å². The molecule has 0 bridgehead atoms. The summed E-state index contributed by atoms with van der Waals surface area (Å²) in [5.41, 5.74) is 5.42. The lowest BCUT2D eigenvalue weighted by Crippen LogP contribution is -2.25. The molecule has 3 amide bonds. The molecule has 222 valence electrons. The zero-order chi connectivity index (χ0) is 30.7. The number of hydrogen-bond donors (Lipinski definition) is 2. The molecule has 45 heavy (non-hydrogen) atoms. The van der Waals surface area contributed by atoms with Crippen LogP contribution in [0.25, 0.3) is 33.4 Å². The van der Waals surface area contributed by atoms with Gasteiger partial charge in [-0.05, 0) is 42.7 Å². The van der Waals surface area contributed by atoms with Gasteiger partial charge >= 0.3 is 0 Å². The van der Waals surface area contributed by atoms with Crippen molar-refractivity contribution < 1.29 is 23.2 Å². The number of nitrogens with zero attached hydrogens (tertiary/aromatic N) is 5. The number of carbonyl (C=O) groups is 3. The molecule has 11 nitrogen and oxygen atoms in total. The normalized spacial score (nSPS) is 13.7. The Morgan fingerprint density at radius 1 is 1.00 bits per heavy atom. The fourth-order valence-electron chi connectivity index (χ4n) is 6.26. The van der Waals surface area contributed by atoms with Gasteiger partial charge in [0.1, 0.15) is 22.9 Å². The van der Waals surface area contributed by atoms with Crippen LogP contribution in [0.2, 0.25) is 0 Å². The summed E-state index contributed by atoms with van der Waals surface area (Å²) in [7, 11) is 0. The summed E-state index contributed by atoms with van der Waals surface area (Å²) in [5.74, 6) is -1.09. The molecule has 2 aliphatic rings. The topological polar surface area (TPSA) is 137 Å². The Hall–Kier alpha value is -5.91. The Bertz CT molecular complexity index is 2180. The number of carbonyl (C=O) groups excluding carboxylic acids is 3. The van der Waals surface area contributed by atoms with Gasteiger partial charge in [-0.15, -0.1) is 5.10 Å². The lowest BCUT2D eigenvalue weighted by atomic mass is 10.0. The minimum atomic E-state index is -0.477. The van der Waals surface area contributed by atoms with Crippen LogP contribution in [0, 0.1) is 5.82 Å². The zero-order valence-corrected chi connectivity index (χ0v) is 23.7. The number of aromatic nitrogens is 5. The number of rotatable bonds is 7. The van der Waals surface area contributed by atoms with Crippen molar-refractivity contribution in [2.45, 2.75) is 32.5 Å². The summed E-state index contributed by atoms with van der Waals surface area (Å²) >= 11 is 0. The summed E-state index contributed by atoms with van der Waals surface area (Å²) in [6, 6.07) is 18.9. The van der Waals surface area contributed by atoms with Crippen LogP contribution in [0.1, 0.15) is 54.6 Å². The highest BCUT2D eigenvalue weighted by Crippen LogP contribution is 2.35. The van der Waals surface area contributed by atoms with Crippen molar-refractivity contribution in [1.29, 1.82) is 0 Å². The van der Waals surface area contributed by atoms with Crippen LogP contribution in [0.15, 0.2) is 77.3 Å². The zero-order valence-electron chi connectivity index (χ0n) is 23.7. The maximum Gasteiger partial charge on any atom is 0.259 e. The van der Waals surface area contributed by atoms with Crippen LogP contribution in [-0.4, -0.2) is 42.5 Å². The molecule has 3 aromatic carbocycles. The maximum atomic E-state index is 14.2. The lowest BCUT2D eigenvalue weighted by Gasteiger charge is -2.08. The number of halogens is 1. The van der Waals surface area contributed by atoms with Crippen LogP contribution in [0.3, 0.4) is 0 Å². The van der Waals surface area contributed by atoms with Crippen molar-refractivity contribution in [3.63, 3.8) is 0 Å². The van der Waals surface area contributed by atoms with Crippen molar-refractivity contribution in [2.75, 3.05) is 0 Å². The molecule has 0 aliphatic carbocycles. The van der Waals surface area contributed by atoms with E-state index in [1.165, 1.54) is 12.1 Å². The van der Waals surface area contributed by atoms with Crippen molar-refractivity contribution in [3.05, 3.63) is 113 Å². The van der Waals surface area contributed by atoms with Gasteiger partial charge in [0.25, 0.3) is 17.7 Å². The van der Waals surface area contributed by atoms with Gasteiger partial charge < -0.3 is 9.73 Å². The summed E-state index contributed by atoms with van der Waals surface area (Å²) in [5, 5.41) is 19.2. The number of nitrogens with one attached hydrogen (secondary N) is 2. The van der Waals surface area contributed by atoms with Gasteiger partial charge in [-0.3, -0.25) is 24.4 Å². The van der Waals surface area contributed by atoms with E-state index in [-0.39, 0.29) is 30.4 Å². The SMILES string of the molecule is O=C1NC(=O)c2c1cccc2-c1cn(Cc2nn3c(c2C(=O)NCc2oc4ccc(F)cc4c2-c2ccccc2)CCC3)nn1. The molecule has 0 saturated heterocycles. The van der Waals surface area contributed by atoms with Gasteiger partial charge in [0, 0.05) is 23.1 Å². The van der Waals surface area contributed by atoms with Crippen molar-refractivity contribution in [3.8, 4) is 22.4 Å². The molecular formula is C33H24FN7O4. The van der Waals surface area contributed by atoms with Crippen molar-refractivity contribution in [1.82, 2.24) is 35.4 Å². The largest absolute Gasteiger partial charge is 0.459 e. The molecule has 5 heterocycles. The second kappa shape index (κ2) is 10.4. The Balaban J connectivity index is 1.09. The van der Waals surface area contributed by atoms with Gasteiger partial charge in [-0.1, -0.05) is 47.7 Å².